The summed E-state index contributed by atoms with van der Waals surface area (Å²) < 4.78 is 9.64. The lowest BCUT2D eigenvalue weighted by Crippen LogP contribution is -2.54. The molecule has 4 aromatic carbocycles. The van der Waals surface area contributed by atoms with Crippen molar-refractivity contribution in [3.63, 3.8) is 0 Å². The largest absolute Gasteiger partial charge is 0.453 e. The molecule has 8 atom stereocenters. The molecule has 4 fully saturated rings. The molecular formula is C57H64N10O6. The number of hydrogen-bond acceptors (Lipinski definition) is 10. The van der Waals surface area contributed by atoms with E-state index in [-0.39, 0.29) is 48.9 Å². The fraction of sp³-hybridized carbons (Fsp3) is 0.456. The van der Waals surface area contributed by atoms with Gasteiger partial charge in [-0.25, -0.2) is 19.6 Å². The molecule has 14 rings (SSSR count). The van der Waals surface area contributed by atoms with Crippen molar-refractivity contribution in [1.29, 1.82) is 5.26 Å². The summed E-state index contributed by atoms with van der Waals surface area (Å²) in [5.74, 6) is 1.69. The first-order valence-electron chi connectivity index (χ1n) is 26.2. The van der Waals surface area contributed by atoms with E-state index in [9.17, 15) is 24.4 Å². The molecule has 2 saturated heterocycles. The summed E-state index contributed by atoms with van der Waals surface area (Å²) in [5, 5.41) is 14.9. The number of carbonyl (C=O) groups is 4. The standard InChI is InChI=1S/C57H64N10O6/c1-72-56(70)64-44(23-24-58)54(68)66-48-9-5-3-7-38(48)29-50(66)52-60-42-21-19-36(27-45(42)62-52)40-25-32-11-15-34(40)16-12-33-14-18-35(17-13-32)41(26-33)37-20-22-43-46(28-37)63-53(61-43)51-30-39-8-4-6-10-49(39)67(51)55(69)47(31-59)65-57(71)73-2/h11,14-15,18-22,25-28,38-39,44,47-51H,3-10,12-13,16-17,23,29-31,59H2,1-2H3,(H,60,62)(H,61,63)(H,64,70)(H,65,71)/t38-,39-,44-,47-,48-,49-,50-,51-/m0/s1. The minimum absolute atomic E-state index is 0.0156. The van der Waals surface area contributed by atoms with Crippen LogP contribution >= 0.6 is 0 Å². The average molecular weight is 985 g/mol. The molecule has 6 aliphatic carbocycles. The molecule has 2 saturated carbocycles. The van der Waals surface area contributed by atoms with Crippen molar-refractivity contribution >= 4 is 46.1 Å². The van der Waals surface area contributed by atoms with Crippen LogP contribution < -0.4 is 16.4 Å². The molecule has 6 aromatic rings. The number of alkyl carbamates (subject to hydrolysis) is 2. The fourth-order valence-electron chi connectivity index (χ4n) is 13.1. The zero-order valence-corrected chi connectivity index (χ0v) is 41.6. The smallest absolute Gasteiger partial charge is 0.407 e. The number of amides is 4. The molecule has 6 N–H and O–H groups in total. The summed E-state index contributed by atoms with van der Waals surface area (Å²) in [6.07, 6.45) is 11.6. The Bertz CT molecular complexity index is 3140. The second-order valence-corrected chi connectivity index (χ2v) is 20.9. The molecule has 378 valence electrons. The van der Waals surface area contributed by atoms with Gasteiger partial charge in [0.05, 0.1) is 60.9 Å². The lowest BCUT2D eigenvalue weighted by molar-refractivity contribution is -0.138. The second-order valence-electron chi connectivity index (χ2n) is 20.9. The quantitative estimate of drug-likeness (QED) is 0.0878. The number of carbonyl (C=O) groups excluding carboxylic acids is 4. The number of H-pyrrole nitrogens is 2. The van der Waals surface area contributed by atoms with E-state index >= 15 is 0 Å². The highest BCUT2D eigenvalue weighted by Gasteiger charge is 2.49. The summed E-state index contributed by atoms with van der Waals surface area (Å²) in [6, 6.07) is 26.3. The van der Waals surface area contributed by atoms with E-state index in [1.165, 1.54) is 47.6 Å². The van der Waals surface area contributed by atoms with Gasteiger partial charge in [0.2, 0.25) is 11.8 Å². The van der Waals surface area contributed by atoms with Crippen LogP contribution in [-0.2, 0) is 44.7 Å². The van der Waals surface area contributed by atoms with Crippen LogP contribution in [-0.4, -0.2) is 98.7 Å². The van der Waals surface area contributed by atoms with Gasteiger partial charge < -0.3 is 45.6 Å². The van der Waals surface area contributed by atoms with Crippen molar-refractivity contribution < 1.29 is 28.7 Å². The number of benzene rings is 4. The molecule has 0 spiro atoms. The zero-order chi connectivity index (χ0) is 50.3. The van der Waals surface area contributed by atoms with Gasteiger partial charge in [-0.15, -0.1) is 0 Å². The third-order valence-corrected chi connectivity index (χ3v) is 16.7. The molecule has 8 aliphatic rings. The first kappa shape index (κ1) is 48.0. The number of rotatable bonds is 10. The van der Waals surface area contributed by atoms with Crippen LogP contribution in [0.2, 0.25) is 0 Å². The topological polar surface area (TPSA) is 224 Å². The van der Waals surface area contributed by atoms with Gasteiger partial charge in [0.15, 0.2) is 0 Å². The number of hydrogen-bond donors (Lipinski definition) is 5. The molecular weight excluding hydrogens is 921 g/mol. The minimum Gasteiger partial charge on any atom is -0.453 e. The second kappa shape index (κ2) is 20.3. The van der Waals surface area contributed by atoms with Gasteiger partial charge in [-0.05, 0) is 145 Å². The van der Waals surface area contributed by atoms with Crippen LogP contribution in [0.4, 0.5) is 9.59 Å². The Hall–Kier alpha value is -7.25. The van der Waals surface area contributed by atoms with Gasteiger partial charge in [0.1, 0.15) is 23.7 Å². The Morgan fingerprint density at radius 2 is 1.12 bits per heavy atom. The number of nitrogens with zero attached hydrogens (tertiary/aromatic N) is 5. The van der Waals surface area contributed by atoms with Crippen LogP contribution in [0, 0.1) is 23.2 Å². The Labute approximate surface area is 424 Å². The van der Waals surface area contributed by atoms with Crippen molar-refractivity contribution in [1.82, 2.24) is 40.4 Å². The summed E-state index contributed by atoms with van der Waals surface area (Å²) in [4.78, 5) is 74.3. The van der Waals surface area contributed by atoms with E-state index in [2.05, 4.69) is 99.5 Å². The lowest BCUT2D eigenvalue weighted by Gasteiger charge is -2.35. The van der Waals surface area contributed by atoms with Crippen LogP contribution in [0.25, 0.3) is 44.3 Å². The highest BCUT2D eigenvalue weighted by Crippen LogP contribution is 2.48. The maximum atomic E-state index is 14.3. The highest BCUT2D eigenvalue weighted by atomic mass is 16.5. The number of aryl methyl sites for hydroxylation is 4. The SMILES string of the molecule is COC(=O)N[C@@H](CN)C(=O)N1[C@H](c2nc3ccc(-c4cc5ccc4CCc4ccc(c(-c6ccc7nc([C@@H]8C[C@@H]9CCCC[C@@H]9N8C(=O)[C@H](CC#N)NC(=O)OC)[nH]c7c6)c4)CC5)cc3[nH]2)C[C@@H]2CCCC[C@@H]21. The molecule has 73 heavy (non-hydrogen) atoms. The number of imidazole rings is 2. The monoisotopic (exact) mass is 985 g/mol. The van der Waals surface area contributed by atoms with Gasteiger partial charge in [-0.3, -0.25) is 9.59 Å². The van der Waals surface area contributed by atoms with Crippen LogP contribution in [0.1, 0.15) is 117 Å². The van der Waals surface area contributed by atoms with Crippen molar-refractivity contribution in [3.05, 3.63) is 107 Å². The van der Waals surface area contributed by atoms with Gasteiger partial charge in [-0.1, -0.05) is 74.2 Å². The van der Waals surface area contributed by atoms with E-state index in [4.69, 9.17) is 25.2 Å². The number of aromatic amines is 2. The Kier molecular flexibility index (Phi) is 13.4. The van der Waals surface area contributed by atoms with Crippen molar-refractivity contribution in [3.8, 4) is 28.3 Å². The molecule has 0 unspecified atom stereocenters. The van der Waals surface area contributed by atoms with E-state index < -0.39 is 24.3 Å². The highest BCUT2D eigenvalue weighted by molar-refractivity contribution is 5.89. The van der Waals surface area contributed by atoms with Crippen LogP contribution in [0.5, 0.6) is 0 Å². The molecule has 16 nitrogen and oxygen atoms in total. The summed E-state index contributed by atoms with van der Waals surface area (Å²) >= 11 is 0. The maximum Gasteiger partial charge on any atom is 0.407 e. The summed E-state index contributed by atoms with van der Waals surface area (Å²) in [6.45, 7) is -0.0312. The predicted octanol–water partition coefficient (Wildman–Crippen LogP) is 8.64. The zero-order valence-electron chi connectivity index (χ0n) is 41.6. The van der Waals surface area contributed by atoms with E-state index in [0.717, 1.165) is 135 Å². The van der Waals surface area contributed by atoms with E-state index in [1.54, 1.807) is 0 Å². The maximum absolute atomic E-state index is 14.3. The average Bonchev–Trinajstić information content (AvgIpc) is 4.22. The molecule has 4 amide bonds. The number of fused-ring (bicyclic) bond motifs is 4. The van der Waals surface area contributed by atoms with Gasteiger partial charge in [0.25, 0.3) is 0 Å². The predicted molar refractivity (Wildman–Crippen MR) is 276 cm³/mol. The first-order valence-corrected chi connectivity index (χ1v) is 26.2. The van der Waals surface area contributed by atoms with Crippen molar-refractivity contribution in [2.45, 2.75) is 133 Å². The fourth-order valence-corrected chi connectivity index (χ4v) is 13.1. The number of nitrogens with one attached hydrogen (secondary N) is 4. The Balaban J connectivity index is 0.847. The Morgan fingerprint density at radius 1 is 0.658 bits per heavy atom. The molecule has 2 aromatic heterocycles. The van der Waals surface area contributed by atoms with Gasteiger partial charge in [0, 0.05) is 18.6 Å². The van der Waals surface area contributed by atoms with Crippen molar-refractivity contribution in [2.75, 3.05) is 20.8 Å². The minimum atomic E-state index is -1.01. The summed E-state index contributed by atoms with van der Waals surface area (Å²) in [7, 11) is 2.53. The molecule has 0 radical (unpaired) electrons. The molecule has 16 heteroatoms. The van der Waals surface area contributed by atoms with E-state index in [1.807, 2.05) is 9.80 Å². The summed E-state index contributed by atoms with van der Waals surface area (Å²) in [5.41, 5.74) is 19.2. The third kappa shape index (κ3) is 9.28. The van der Waals surface area contributed by atoms with E-state index in [0.29, 0.717) is 11.8 Å². The third-order valence-electron chi connectivity index (χ3n) is 16.7. The number of methoxy groups -OCH3 is 2. The van der Waals surface area contributed by atoms with Gasteiger partial charge in [-0.2, -0.15) is 5.26 Å². The number of likely N-dealkylation sites (tertiary alicyclic amines) is 2. The number of nitriles is 1. The Morgan fingerprint density at radius 3 is 1.59 bits per heavy atom. The molecule has 4 bridgehead atoms. The van der Waals surface area contributed by atoms with Crippen LogP contribution in [0.15, 0.2) is 72.8 Å². The molecule has 2 aliphatic heterocycles. The molecule has 4 heterocycles. The van der Waals surface area contributed by atoms with Crippen LogP contribution in [0.3, 0.4) is 0 Å². The lowest BCUT2D eigenvalue weighted by atomic mass is 9.84. The number of nitrogens with two attached hydrogens (primary N) is 1. The first-order chi connectivity index (χ1) is 35.6. The van der Waals surface area contributed by atoms with Crippen molar-refractivity contribution in [2.24, 2.45) is 17.6 Å². The normalized spacial score (nSPS) is 23.2. The number of ether oxygens (including phenoxy) is 2. The number of aromatic nitrogens is 4. The van der Waals surface area contributed by atoms with Gasteiger partial charge >= 0.3 is 12.2 Å².